The Kier molecular flexibility index (Phi) is 10.8. The van der Waals surface area contributed by atoms with Gasteiger partial charge in [-0.2, -0.15) is 0 Å². The van der Waals surface area contributed by atoms with Crippen LogP contribution in [0.25, 0.3) is 11.2 Å². The fraction of sp³-hybridized carbons (Fsp3) is 0.682. The lowest BCUT2D eigenvalue weighted by Gasteiger charge is -2.32. The molecule has 0 aromatic carbocycles. The number of nitrogen functional groups attached to an aromatic ring is 1. The molecule has 14 heteroatoms. The van der Waals surface area contributed by atoms with Crippen LogP contribution in [0.2, 0.25) is 0 Å². The molecule has 1 unspecified atom stereocenters. The Bertz CT molecular complexity index is 1080. The number of hydrogen-bond donors (Lipinski definition) is 4. The first kappa shape index (κ1) is 29.6. The van der Waals surface area contributed by atoms with Gasteiger partial charge >= 0.3 is 11.9 Å². The quantitative estimate of drug-likeness (QED) is 0.142. The molecule has 13 nitrogen and oxygen atoms in total. The van der Waals surface area contributed by atoms with Gasteiger partial charge in [-0.25, -0.2) is 25.1 Å². The Morgan fingerprint density at radius 2 is 1.97 bits per heavy atom. The topological polar surface area (TPSA) is 184 Å². The second-order valence-electron chi connectivity index (χ2n) is 9.38. The number of nitrogens with two attached hydrogens (primary N) is 1. The summed E-state index contributed by atoms with van der Waals surface area (Å²) >= 11 is 0. The van der Waals surface area contributed by atoms with E-state index in [0.29, 0.717) is 17.7 Å². The Balaban J connectivity index is 2.10. The van der Waals surface area contributed by atoms with E-state index in [1.54, 1.807) is 38.6 Å². The number of nitrogens with zero attached hydrogens (tertiary/aromatic N) is 4. The van der Waals surface area contributed by atoms with Crippen LogP contribution in [0.3, 0.4) is 0 Å². The Hall–Kier alpha value is -2.60. The first-order valence-electron chi connectivity index (χ1n) is 11.9. The molecule has 0 aliphatic heterocycles. The normalized spacial score (nSPS) is 15.4. The van der Waals surface area contributed by atoms with Crippen molar-refractivity contribution in [1.29, 1.82) is 0 Å². The van der Waals surface area contributed by atoms with Gasteiger partial charge in [-0.15, -0.1) is 0 Å². The summed E-state index contributed by atoms with van der Waals surface area (Å²) in [7, 11) is -3.61. The summed E-state index contributed by atoms with van der Waals surface area (Å²) in [5.74, 6) is -1.33. The number of unbranched alkanes of at least 4 members (excludes halogenated alkanes) is 2. The van der Waals surface area contributed by atoms with Crippen LogP contribution in [0.5, 0.6) is 0 Å². The molecule has 2 rings (SSSR count). The largest absolute Gasteiger partial charge is 0.481 e. The number of esters is 1. The number of fused-ring (bicyclic) bond motifs is 1. The zero-order valence-corrected chi connectivity index (χ0v) is 22.5. The maximum absolute atomic E-state index is 13.9. The van der Waals surface area contributed by atoms with Crippen LogP contribution in [-0.2, 0) is 30.2 Å². The minimum Gasteiger partial charge on any atom is -0.481 e. The zero-order chi connectivity index (χ0) is 26.9. The van der Waals surface area contributed by atoms with Crippen molar-refractivity contribution in [3.05, 3.63) is 12.7 Å². The van der Waals surface area contributed by atoms with Crippen molar-refractivity contribution in [2.45, 2.75) is 84.5 Å². The molecule has 2 aromatic heterocycles. The van der Waals surface area contributed by atoms with Crippen LogP contribution < -0.4 is 15.9 Å². The van der Waals surface area contributed by atoms with Gasteiger partial charge in [-0.3, -0.25) is 14.2 Å². The summed E-state index contributed by atoms with van der Waals surface area (Å²) in [5.41, 5.74) is 5.54. The number of aliphatic carboxylic acids is 1. The molecule has 0 aliphatic carbocycles. The number of anilines is 1. The Morgan fingerprint density at radius 3 is 2.64 bits per heavy atom. The first-order chi connectivity index (χ1) is 16.9. The van der Waals surface area contributed by atoms with Crippen LogP contribution in [0.4, 0.5) is 5.82 Å². The summed E-state index contributed by atoms with van der Waals surface area (Å²) in [5, 5.41) is 14.8. The Morgan fingerprint density at radius 1 is 1.25 bits per heavy atom. The van der Waals surface area contributed by atoms with Gasteiger partial charge in [0.1, 0.15) is 23.7 Å². The highest BCUT2D eigenvalue weighted by Gasteiger charge is 2.38. The van der Waals surface area contributed by atoms with Crippen LogP contribution in [-0.4, -0.2) is 67.2 Å². The minimum atomic E-state index is -3.61. The van der Waals surface area contributed by atoms with Crippen LogP contribution >= 0.6 is 7.44 Å². The number of carboxylic acids is 1. The molecule has 0 aliphatic rings. The van der Waals surface area contributed by atoms with Crippen molar-refractivity contribution < 1.29 is 28.7 Å². The number of carbonyl (C=O) groups is 2. The standard InChI is InChI=1S/C22H38N7O6P/c1-6-7-8-9-34-21(32)22(4,5)28-36(33,27-15(2)10-17(30)31)14-35-16(3)11-29-13-26-18-19(23)24-12-25-20(18)29/h12-13,15-16H,6-11,14H2,1-5H3,(H,30,31)(H2,23,24,25)(H2,27,28,33)/t15-,16?,36-/m1/s1. The van der Waals surface area contributed by atoms with Gasteiger partial charge in [0.2, 0.25) is 7.44 Å². The predicted octanol–water partition coefficient (Wildman–Crippen LogP) is 2.52. The van der Waals surface area contributed by atoms with E-state index in [-0.39, 0.29) is 25.2 Å². The van der Waals surface area contributed by atoms with Gasteiger partial charge in [-0.1, -0.05) is 19.8 Å². The number of carbonyl (C=O) groups excluding carboxylic acids is 1. The molecule has 3 atom stereocenters. The average molecular weight is 528 g/mol. The van der Waals surface area contributed by atoms with E-state index in [0.717, 1.165) is 19.3 Å². The van der Waals surface area contributed by atoms with Gasteiger partial charge < -0.3 is 24.9 Å². The third-order valence-electron chi connectivity index (χ3n) is 5.29. The zero-order valence-electron chi connectivity index (χ0n) is 21.6. The summed E-state index contributed by atoms with van der Waals surface area (Å²) in [6, 6.07) is -0.645. The van der Waals surface area contributed by atoms with Gasteiger partial charge in [0.05, 0.1) is 32.0 Å². The van der Waals surface area contributed by atoms with E-state index in [1.807, 2.05) is 6.92 Å². The average Bonchev–Trinajstić information content (AvgIpc) is 3.18. The highest BCUT2D eigenvalue weighted by Crippen LogP contribution is 2.40. The molecule has 2 aromatic rings. The maximum atomic E-state index is 13.9. The van der Waals surface area contributed by atoms with E-state index < -0.39 is 37.1 Å². The molecule has 0 spiro atoms. The fourth-order valence-electron chi connectivity index (χ4n) is 3.55. The van der Waals surface area contributed by atoms with Gasteiger partial charge in [0, 0.05) is 6.04 Å². The van der Waals surface area contributed by atoms with Crippen molar-refractivity contribution in [3.63, 3.8) is 0 Å². The minimum absolute atomic E-state index is 0.259. The van der Waals surface area contributed by atoms with Crippen LogP contribution in [0, 0.1) is 0 Å². The molecule has 0 radical (unpaired) electrons. The van der Waals surface area contributed by atoms with Gasteiger partial charge in [0.15, 0.2) is 11.5 Å². The molecule has 5 N–H and O–H groups in total. The van der Waals surface area contributed by atoms with E-state index in [4.69, 9.17) is 20.3 Å². The maximum Gasteiger partial charge on any atom is 0.326 e. The number of imidazole rings is 1. The third kappa shape index (κ3) is 8.81. The third-order valence-corrected chi connectivity index (χ3v) is 7.58. The Labute approximate surface area is 211 Å². The molecule has 0 amide bonds. The summed E-state index contributed by atoms with van der Waals surface area (Å²) in [6.45, 7) is 9.17. The fourth-order valence-corrected chi connectivity index (χ4v) is 6.02. The number of nitrogens with one attached hydrogen (secondary N) is 2. The second kappa shape index (κ2) is 13.1. The molecule has 0 bridgehead atoms. The SMILES string of the molecule is CCCCCOC(=O)C(C)(C)N[P@@](=O)(COC(C)Cn1cnc2c(N)ncnc21)N[C@H](C)CC(=O)O. The molecule has 36 heavy (non-hydrogen) atoms. The monoisotopic (exact) mass is 527 g/mol. The lowest BCUT2D eigenvalue weighted by atomic mass is 10.1. The van der Waals surface area contributed by atoms with Gasteiger partial charge in [-0.05, 0) is 34.1 Å². The summed E-state index contributed by atoms with van der Waals surface area (Å²) in [6.07, 6.45) is 4.59. The van der Waals surface area contributed by atoms with E-state index in [2.05, 4.69) is 25.1 Å². The number of aromatic nitrogens is 4. The van der Waals surface area contributed by atoms with Gasteiger partial charge in [0.25, 0.3) is 0 Å². The molecule has 202 valence electrons. The summed E-state index contributed by atoms with van der Waals surface area (Å²) in [4.78, 5) is 36.2. The summed E-state index contributed by atoms with van der Waals surface area (Å²) < 4.78 is 26.9. The predicted molar refractivity (Wildman–Crippen MR) is 135 cm³/mol. The van der Waals surface area contributed by atoms with Crippen molar-refractivity contribution in [1.82, 2.24) is 29.7 Å². The van der Waals surface area contributed by atoms with Crippen molar-refractivity contribution in [2.75, 3.05) is 18.7 Å². The lowest BCUT2D eigenvalue weighted by Crippen LogP contribution is -2.49. The van der Waals surface area contributed by atoms with E-state index >= 15 is 0 Å². The van der Waals surface area contributed by atoms with Crippen LogP contribution in [0.1, 0.15) is 60.3 Å². The van der Waals surface area contributed by atoms with Crippen molar-refractivity contribution >= 4 is 36.4 Å². The second-order valence-corrected chi connectivity index (χ2v) is 11.6. The molecule has 2 heterocycles. The molecular weight excluding hydrogens is 489 g/mol. The number of ether oxygens (including phenoxy) is 2. The number of carboxylic acid groups (broad SMARTS) is 1. The van der Waals surface area contributed by atoms with E-state index in [9.17, 15) is 14.2 Å². The van der Waals surface area contributed by atoms with Crippen LogP contribution in [0.15, 0.2) is 12.7 Å². The number of rotatable bonds is 16. The molecule has 0 saturated heterocycles. The van der Waals surface area contributed by atoms with E-state index in [1.165, 1.54) is 6.33 Å². The number of hydrogen-bond acceptors (Lipinski definition) is 9. The smallest absolute Gasteiger partial charge is 0.326 e. The highest BCUT2D eigenvalue weighted by atomic mass is 31.2. The highest BCUT2D eigenvalue weighted by molar-refractivity contribution is 7.59. The van der Waals surface area contributed by atoms with Crippen molar-refractivity contribution in [3.8, 4) is 0 Å². The molecule has 0 saturated carbocycles. The molecule has 0 fully saturated rings. The molecular formula is C22H38N7O6P. The van der Waals surface area contributed by atoms with Crippen molar-refractivity contribution in [2.24, 2.45) is 0 Å². The lowest BCUT2D eigenvalue weighted by molar-refractivity contribution is -0.149. The first-order valence-corrected chi connectivity index (χ1v) is 13.8.